The molecule has 0 N–H and O–H groups in total. The maximum atomic E-state index is 14.1. The minimum atomic E-state index is -1.00. The molecule has 0 saturated carbocycles. The van der Waals surface area contributed by atoms with Crippen LogP contribution in [0.4, 0.5) is 8.78 Å². The number of rotatable bonds is 5. The highest BCUT2D eigenvalue weighted by atomic mass is 19.2. The van der Waals surface area contributed by atoms with Gasteiger partial charge in [-0.2, -0.15) is 5.10 Å². The number of hydrogen-bond donors (Lipinski definition) is 0. The topological polar surface area (TPSA) is 95.9 Å². The van der Waals surface area contributed by atoms with Gasteiger partial charge in [-0.1, -0.05) is 29.4 Å². The van der Waals surface area contributed by atoms with E-state index < -0.39 is 17.6 Å². The molecule has 2 aromatic carbocycles. The molecule has 5 rings (SSSR count). The normalized spacial score (nSPS) is 11.1. The molecular formula is C23H15F2N5O3. The van der Waals surface area contributed by atoms with E-state index in [2.05, 4.69) is 20.2 Å². The lowest BCUT2D eigenvalue weighted by Gasteiger charge is -2.04. The maximum absolute atomic E-state index is 14.1. The van der Waals surface area contributed by atoms with Crippen LogP contribution < -0.4 is 0 Å². The fraction of sp³-hybridized carbons (Fsp3) is 0.0870. The summed E-state index contributed by atoms with van der Waals surface area (Å²) in [5, 5.41) is 8.33. The van der Waals surface area contributed by atoms with E-state index in [0.29, 0.717) is 34.0 Å². The van der Waals surface area contributed by atoms with E-state index in [1.807, 2.05) is 0 Å². The number of nitrogens with zero attached hydrogens (tertiary/aromatic N) is 5. The van der Waals surface area contributed by atoms with E-state index in [1.54, 1.807) is 41.2 Å². The third-order valence-electron chi connectivity index (χ3n) is 4.99. The van der Waals surface area contributed by atoms with E-state index in [9.17, 15) is 13.6 Å². The van der Waals surface area contributed by atoms with Gasteiger partial charge in [-0.25, -0.2) is 23.5 Å². The molecule has 0 unspecified atom stereocenters. The number of fused-ring (bicyclic) bond motifs is 1. The molecule has 8 nitrogen and oxygen atoms in total. The summed E-state index contributed by atoms with van der Waals surface area (Å²) in [4.78, 5) is 20.6. The number of carbonyl (C=O) groups is 1. The Morgan fingerprint density at radius 1 is 1.03 bits per heavy atom. The number of esters is 1. The van der Waals surface area contributed by atoms with E-state index >= 15 is 0 Å². The fourth-order valence-corrected chi connectivity index (χ4v) is 3.41. The smallest absolute Gasteiger partial charge is 0.338 e. The zero-order valence-electron chi connectivity index (χ0n) is 17.2. The lowest BCUT2D eigenvalue weighted by atomic mass is 10.0. The molecule has 2 aliphatic rings. The maximum Gasteiger partial charge on any atom is 0.338 e. The zero-order chi connectivity index (χ0) is 22.9. The van der Waals surface area contributed by atoms with Crippen molar-refractivity contribution in [2.24, 2.45) is 0 Å². The molecule has 3 aromatic rings. The van der Waals surface area contributed by atoms with Gasteiger partial charge in [0.1, 0.15) is 23.6 Å². The molecule has 2 aliphatic heterocycles. The molecular weight excluding hydrogens is 432 g/mol. The number of imidazole rings is 1. The molecule has 0 radical (unpaired) electrons. The average Bonchev–Trinajstić information content (AvgIpc) is 3.47. The van der Waals surface area contributed by atoms with Crippen LogP contribution in [0.3, 0.4) is 0 Å². The number of aromatic nitrogens is 5. The number of carbonyl (C=O) groups excluding carboxylic acids is 1. The predicted molar refractivity (Wildman–Crippen MR) is 112 cm³/mol. The first-order valence-corrected chi connectivity index (χ1v) is 9.81. The van der Waals surface area contributed by atoms with Gasteiger partial charge in [0.2, 0.25) is 0 Å². The van der Waals surface area contributed by atoms with Gasteiger partial charge in [-0.05, 0) is 18.2 Å². The first-order chi connectivity index (χ1) is 16.0. The highest BCUT2D eigenvalue weighted by molar-refractivity contribution is 5.96. The van der Waals surface area contributed by atoms with Crippen LogP contribution in [-0.4, -0.2) is 38.0 Å². The largest absolute Gasteiger partial charge is 0.465 e. The Kier molecular flexibility index (Phi) is 5.09. The SMILES string of the molecule is COC(=O)c1ccccc1-c1cc(Cn2cc3nc(-c4cccc(F)c4F)nc-3cn2)on1. The van der Waals surface area contributed by atoms with Crippen molar-refractivity contribution in [3.63, 3.8) is 0 Å². The van der Waals surface area contributed by atoms with Crippen LogP contribution in [0.1, 0.15) is 16.1 Å². The third-order valence-corrected chi connectivity index (χ3v) is 4.99. The Hall–Kier alpha value is -4.47. The van der Waals surface area contributed by atoms with E-state index in [0.717, 1.165) is 6.07 Å². The van der Waals surface area contributed by atoms with Crippen molar-refractivity contribution in [1.29, 1.82) is 0 Å². The first kappa shape index (κ1) is 20.4. The van der Waals surface area contributed by atoms with E-state index in [4.69, 9.17) is 9.26 Å². The van der Waals surface area contributed by atoms with Gasteiger partial charge < -0.3 is 9.26 Å². The molecule has 1 aromatic heterocycles. The molecule has 0 aliphatic carbocycles. The van der Waals surface area contributed by atoms with Crippen LogP contribution in [0.25, 0.3) is 34.0 Å². The van der Waals surface area contributed by atoms with Gasteiger partial charge in [-0.15, -0.1) is 0 Å². The Morgan fingerprint density at radius 3 is 2.67 bits per heavy atom. The summed E-state index contributed by atoms with van der Waals surface area (Å²) in [6.07, 6.45) is 3.10. The summed E-state index contributed by atoms with van der Waals surface area (Å²) >= 11 is 0. The summed E-state index contributed by atoms with van der Waals surface area (Å²) in [6, 6.07) is 12.5. The molecule has 0 saturated heterocycles. The highest BCUT2D eigenvalue weighted by Gasteiger charge is 2.19. The van der Waals surface area contributed by atoms with Crippen LogP contribution >= 0.6 is 0 Å². The predicted octanol–water partition coefficient (Wildman–Crippen LogP) is 4.21. The Labute approximate surface area is 185 Å². The van der Waals surface area contributed by atoms with Crippen molar-refractivity contribution in [1.82, 2.24) is 24.9 Å². The molecule has 33 heavy (non-hydrogen) atoms. The zero-order valence-corrected chi connectivity index (χ0v) is 17.2. The fourth-order valence-electron chi connectivity index (χ4n) is 3.41. The summed E-state index contributed by atoms with van der Waals surface area (Å²) in [5.41, 5.74) is 2.30. The van der Waals surface area contributed by atoms with Crippen molar-refractivity contribution < 1.29 is 22.8 Å². The lowest BCUT2D eigenvalue weighted by molar-refractivity contribution is 0.0601. The average molecular weight is 447 g/mol. The quantitative estimate of drug-likeness (QED) is 0.372. The van der Waals surface area contributed by atoms with Crippen LogP contribution in [-0.2, 0) is 11.3 Å². The molecule has 0 spiro atoms. The molecule has 0 amide bonds. The van der Waals surface area contributed by atoms with Crippen LogP contribution in [0.15, 0.2) is 65.4 Å². The summed E-state index contributed by atoms with van der Waals surface area (Å²) in [6.45, 7) is 0.222. The standard InChI is InChI=1S/C23H15F2N5O3/c1-32-23(31)15-6-3-2-5-14(15)18-9-13(33-29-18)11-30-12-20-19(10-26-30)27-22(28-20)16-7-4-8-17(24)21(16)25/h2-10,12H,11H2,1H3. The molecule has 3 heterocycles. The van der Waals surface area contributed by atoms with E-state index in [-0.39, 0.29) is 17.9 Å². The number of ether oxygens (including phenoxy) is 1. The van der Waals surface area contributed by atoms with E-state index in [1.165, 1.54) is 25.4 Å². The Bertz CT molecular complexity index is 1450. The Balaban J connectivity index is 1.42. The number of methoxy groups -OCH3 is 1. The lowest BCUT2D eigenvalue weighted by Crippen LogP contribution is -2.05. The van der Waals surface area contributed by atoms with Gasteiger partial charge >= 0.3 is 5.97 Å². The van der Waals surface area contributed by atoms with Gasteiger partial charge in [0.05, 0.1) is 30.6 Å². The van der Waals surface area contributed by atoms with Gasteiger partial charge in [0.15, 0.2) is 23.2 Å². The number of hydrogen-bond acceptors (Lipinski definition) is 7. The minimum absolute atomic E-state index is 0.0260. The summed E-state index contributed by atoms with van der Waals surface area (Å²) in [7, 11) is 1.31. The van der Waals surface area contributed by atoms with Crippen molar-refractivity contribution >= 4 is 5.97 Å². The highest BCUT2D eigenvalue weighted by Crippen LogP contribution is 2.28. The Morgan fingerprint density at radius 2 is 1.82 bits per heavy atom. The van der Waals surface area contributed by atoms with Crippen molar-refractivity contribution in [2.45, 2.75) is 6.54 Å². The monoisotopic (exact) mass is 447 g/mol. The molecule has 10 heteroatoms. The molecule has 0 atom stereocenters. The second kappa shape index (κ2) is 8.23. The second-order valence-electron chi connectivity index (χ2n) is 7.11. The number of halogens is 2. The number of benzene rings is 2. The molecule has 0 bridgehead atoms. The van der Waals surface area contributed by atoms with Gasteiger partial charge in [0, 0.05) is 11.6 Å². The van der Waals surface area contributed by atoms with Crippen molar-refractivity contribution in [3.05, 3.63) is 83.9 Å². The molecule has 164 valence electrons. The van der Waals surface area contributed by atoms with Crippen LogP contribution in [0.2, 0.25) is 0 Å². The summed E-state index contributed by atoms with van der Waals surface area (Å²) < 4.78 is 39.4. The molecule has 0 fully saturated rings. The third kappa shape index (κ3) is 3.82. The summed E-state index contributed by atoms with van der Waals surface area (Å²) in [5.74, 6) is -1.89. The van der Waals surface area contributed by atoms with Gasteiger partial charge in [0.25, 0.3) is 0 Å². The minimum Gasteiger partial charge on any atom is -0.465 e. The first-order valence-electron chi connectivity index (χ1n) is 9.81. The van der Waals surface area contributed by atoms with Crippen molar-refractivity contribution in [2.75, 3.05) is 7.11 Å². The van der Waals surface area contributed by atoms with Gasteiger partial charge in [-0.3, -0.25) is 4.68 Å². The van der Waals surface area contributed by atoms with Crippen molar-refractivity contribution in [3.8, 4) is 34.0 Å². The second-order valence-corrected chi connectivity index (χ2v) is 7.11. The van der Waals surface area contributed by atoms with Crippen LogP contribution in [0.5, 0.6) is 0 Å². The van der Waals surface area contributed by atoms with Crippen LogP contribution in [0, 0.1) is 11.6 Å².